The second kappa shape index (κ2) is 5.98. The zero-order valence-corrected chi connectivity index (χ0v) is 11.5. The van der Waals surface area contributed by atoms with E-state index in [0.717, 1.165) is 23.1 Å². The summed E-state index contributed by atoms with van der Waals surface area (Å²) in [5.41, 5.74) is 1.10. The monoisotopic (exact) mass is 249 g/mol. The highest BCUT2D eigenvalue weighted by Gasteiger charge is 2.21. The van der Waals surface area contributed by atoms with Crippen molar-refractivity contribution in [3.8, 4) is 11.5 Å². The number of nitrogens with one attached hydrogen (secondary N) is 1. The van der Waals surface area contributed by atoms with Gasteiger partial charge in [-0.05, 0) is 37.8 Å². The van der Waals surface area contributed by atoms with Gasteiger partial charge in [0.15, 0.2) is 11.5 Å². The highest BCUT2D eigenvalue weighted by molar-refractivity contribution is 5.55. The molecule has 100 valence electrons. The van der Waals surface area contributed by atoms with Crippen molar-refractivity contribution in [2.45, 2.75) is 38.6 Å². The third-order valence-corrected chi connectivity index (χ3v) is 3.88. The van der Waals surface area contributed by atoms with E-state index < -0.39 is 0 Å². The van der Waals surface area contributed by atoms with E-state index in [4.69, 9.17) is 9.47 Å². The van der Waals surface area contributed by atoms with E-state index in [-0.39, 0.29) is 0 Å². The van der Waals surface area contributed by atoms with E-state index in [9.17, 15) is 0 Å². The molecule has 0 amide bonds. The average Bonchev–Trinajstić information content (AvgIpc) is 2.92. The Morgan fingerprint density at radius 3 is 2.39 bits per heavy atom. The van der Waals surface area contributed by atoms with Gasteiger partial charge in [0, 0.05) is 17.8 Å². The quantitative estimate of drug-likeness (QED) is 0.863. The molecule has 0 aliphatic heterocycles. The van der Waals surface area contributed by atoms with Gasteiger partial charge in [-0.25, -0.2) is 0 Å². The Morgan fingerprint density at radius 1 is 1.11 bits per heavy atom. The SMILES string of the molecule is COc1ccc(NC(C)C2CCCC2)cc1OC. The molecule has 0 heterocycles. The second-order valence-electron chi connectivity index (χ2n) is 5.05. The molecule has 0 radical (unpaired) electrons. The molecule has 0 spiro atoms. The number of methoxy groups -OCH3 is 2. The molecule has 18 heavy (non-hydrogen) atoms. The first kappa shape index (κ1) is 13.1. The lowest BCUT2D eigenvalue weighted by molar-refractivity contribution is 0.355. The molecule has 1 atom stereocenters. The van der Waals surface area contributed by atoms with Crippen LogP contribution in [0, 0.1) is 5.92 Å². The van der Waals surface area contributed by atoms with Crippen LogP contribution >= 0.6 is 0 Å². The van der Waals surface area contributed by atoms with Crippen molar-refractivity contribution in [1.29, 1.82) is 0 Å². The summed E-state index contributed by atoms with van der Waals surface area (Å²) in [4.78, 5) is 0. The lowest BCUT2D eigenvalue weighted by atomic mass is 9.99. The van der Waals surface area contributed by atoms with E-state index in [0.29, 0.717) is 6.04 Å². The Morgan fingerprint density at radius 2 is 1.78 bits per heavy atom. The smallest absolute Gasteiger partial charge is 0.162 e. The van der Waals surface area contributed by atoms with Crippen LogP contribution in [0.15, 0.2) is 18.2 Å². The van der Waals surface area contributed by atoms with Gasteiger partial charge in [-0.3, -0.25) is 0 Å². The van der Waals surface area contributed by atoms with Gasteiger partial charge in [0.2, 0.25) is 0 Å². The maximum atomic E-state index is 5.32. The third kappa shape index (κ3) is 2.89. The van der Waals surface area contributed by atoms with Crippen molar-refractivity contribution in [2.24, 2.45) is 5.92 Å². The van der Waals surface area contributed by atoms with Crippen molar-refractivity contribution in [3.63, 3.8) is 0 Å². The molecular weight excluding hydrogens is 226 g/mol. The summed E-state index contributed by atoms with van der Waals surface area (Å²) in [5, 5.41) is 3.57. The minimum Gasteiger partial charge on any atom is -0.493 e. The van der Waals surface area contributed by atoms with E-state index in [1.165, 1.54) is 25.7 Å². The molecule has 0 saturated heterocycles. The van der Waals surface area contributed by atoms with Crippen LogP contribution in [-0.4, -0.2) is 20.3 Å². The van der Waals surface area contributed by atoms with Crippen LogP contribution < -0.4 is 14.8 Å². The first-order valence-electron chi connectivity index (χ1n) is 6.73. The van der Waals surface area contributed by atoms with Crippen molar-refractivity contribution < 1.29 is 9.47 Å². The minimum absolute atomic E-state index is 0.519. The maximum absolute atomic E-state index is 5.32. The largest absolute Gasteiger partial charge is 0.493 e. The van der Waals surface area contributed by atoms with Gasteiger partial charge < -0.3 is 14.8 Å². The van der Waals surface area contributed by atoms with E-state index in [2.05, 4.69) is 12.2 Å². The Balaban J connectivity index is 2.04. The highest BCUT2D eigenvalue weighted by Crippen LogP contribution is 2.32. The molecule has 3 heteroatoms. The fourth-order valence-electron chi connectivity index (χ4n) is 2.76. The zero-order chi connectivity index (χ0) is 13.0. The van der Waals surface area contributed by atoms with Crippen LogP contribution in [0.1, 0.15) is 32.6 Å². The van der Waals surface area contributed by atoms with Gasteiger partial charge in [0.05, 0.1) is 14.2 Å². The van der Waals surface area contributed by atoms with Crippen LogP contribution in [0.25, 0.3) is 0 Å². The number of hydrogen-bond acceptors (Lipinski definition) is 3. The van der Waals surface area contributed by atoms with Crippen molar-refractivity contribution >= 4 is 5.69 Å². The molecule has 1 aliphatic rings. The number of ether oxygens (including phenoxy) is 2. The molecule has 2 rings (SSSR count). The van der Waals surface area contributed by atoms with Crippen LogP contribution in [0.2, 0.25) is 0 Å². The van der Waals surface area contributed by atoms with Gasteiger partial charge in [-0.2, -0.15) is 0 Å². The lowest BCUT2D eigenvalue weighted by Gasteiger charge is -2.22. The standard InChI is InChI=1S/C15H23NO2/c1-11(12-6-4-5-7-12)16-13-8-9-14(17-2)15(10-13)18-3/h8-12,16H,4-7H2,1-3H3. The number of benzene rings is 1. The van der Waals surface area contributed by atoms with Crippen LogP contribution in [0.5, 0.6) is 11.5 Å². The fourth-order valence-corrected chi connectivity index (χ4v) is 2.76. The Kier molecular flexibility index (Phi) is 4.34. The summed E-state index contributed by atoms with van der Waals surface area (Å²) in [6.45, 7) is 2.27. The third-order valence-electron chi connectivity index (χ3n) is 3.88. The van der Waals surface area contributed by atoms with Crippen LogP contribution in [-0.2, 0) is 0 Å². The zero-order valence-electron chi connectivity index (χ0n) is 11.5. The van der Waals surface area contributed by atoms with Gasteiger partial charge in [-0.15, -0.1) is 0 Å². The summed E-state index contributed by atoms with van der Waals surface area (Å²) < 4.78 is 10.6. The summed E-state index contributed by atoms with van der Waals surface area (Å²) in [6.07, 6.45) is 5.45. The highest BCUT2D eigenvalue weighted by atomic mass is 16.5. The molecule has 1 unspecified atom stereocenters. The van der Waals surface area contributed by atoms with Gasteiger partial charge in [0.1, 0.15) is 0 Å². The molecule has 1 saturated carbocycles. The molecule has 1 aromatic carbocycles. The minimum atomic E-state index is 0.519. The summed E-state index contributed by atoms with van der Waals surface area (Å²) in [6, 6.07) is 6.52. The molecule has 1 aliphatic carbocycles. The van der Waals surface area contributed by atoms with Crippen molar-refractivity contribution in [2.75, 3.05) is 19.5 Å². The molecular formula is C15H23NO2. The number of hydrogen-bond donors (Lipinski definition) is 1. The van der Waals surface area contributed by atoms with Crippen LogP contribution in [0.4, 0.5) is 5.69 Å². The predicted octanol–water partition coefficient (Wildman–Crippen LogP) is 3.69. The molecule has 0 aromatic heterocycles. The second-order valence-corrected chi connectivity index (χ2v) is 5.05. The van der Waals surface area contributed by atoms with Crippen molar-refractivity contribution in [3.05, 3.63) is 18.2 Å². The maximum Gasteiger partial charge on any atom is 0.162 e. The first-order chi connectivity index (χ1) is 8.74. The van der Waals surface area contributed by atoms with E-state index >= 15 is 0 Å². The number of rotatable bonds is 5. The summed E-state index contributed by atoms with van der Waals surface area (Å²) in [7, 11) is 3.33. The lowest BCUT2D eigenvalue weighted by Crippen LogP contribution is -2.23. The Bertz CT molecular complexity index is 386. The average molecular weight is 249 g/mol. The molecule has 1 aromatic rings. The van der Waals surface area contributed by atoms with E-state index in [1.807, 2.05) is 18.2 Å². The van der Waals surface area contributed by atoms with Gasteiger partial charge in [-0.1, -0.05) is 12.8 Å². The summed E-state index contributed by atoms with van der Waals surface area (Å²) >= 11 is 0. The molecule has 3 nitrogen and oxygen atoms in total. The fraction of sp³-hybridized carbons (Fsp3) is 0.600. The van der Waals surface area contributed by atoms with Crippen LogP contribution in [0.3, 0.4) is 0 Å². The normalized spacial score (nSPS) is 17.5. The predicted molar refractivity (Wildman–Crippen MR) is 74.6 cm³/mol. The van der Waals surface area contributed by atoms with Gasteiger partial charge >= 0.3 is 0 Å². The first-order valence-corrected chi connectivity index (χ1v) is 6.73. The molecule has 0 bridgehead atoms. The molecule has 1 fully saturated rings. The van der Waals surface area contributed by atoms with Crippen molar-refractivity contribution in [1.82, 2.24) is 0 Å². The number of anilines is 1. The van der Waals surface area contributed by atoms with E-state index in [1.54, 1.807) is 14.2 Å². The van der Waals surface area contributed by atoms with Gasteiger partial charge in [0.25, 0.3) is 0 Å². The Hall–Kier alpha value is -1.38. The molecule has 1 N–H and O–H groups in total. The Labute approximate surface area is 109 Å². The topological polar surface area (TPSA) is 30.5 Å². The summed E-state index contributed by atoms with van der Waals surface area (Å²) in [5.74, 6) is 2.36.